The largest absolute Gasteiger partial charge is 0.493 e. The van der Waals surface area contributed by atoms with Gasteiger partial charge in [0.15, 0.2) is 10.4 Å². The van der Waals surface area contributed by atoms with Gasteiger partial charge in [-0.3, -0.25) is 4.68 Å². The highest BCUT2D eigenvalue weighted by Gasteiger charge is 2.24. The molecule has 0 spiro atoms. The lowest BCUT2D eigenvalue weighted by molar-refractivity contribution is 0.198. The van der Waals surface area contributed by atoms with E-state index in [0.717, 1.165) is 6.54 Å². The first-order valence-corrected chi connectivity index (χ1v) is 6.99. The van der Waals surface area contributed by atoms with Crippen LogP contribution in [0, 0.1) is 0 Å². The highest BCUT2D eigenvalue weighted by atomic mass is 79.9. The Labute approximate surface area is 126 Å². The van der Waals surface area contributed by atoms with E-state index in [1.807, 2.05) is 14.1 Å². The van der Waals surface area contributed by atoms with E-state index in [1.165, 1.54) is 6.26 Å². The van der Waals surface area contributed by atoms with Crippen LogP contribution in [0.3, 0.4) is 0 Å². The van der Waals surface area contributed by atoms with Crippen molar-refractivity contribution in [2.75, 3.05) is 27.7 Å². The van der Waals surface area contributed by atoms with Crippen LogP contribution in [0.5, 0.6) is 5.75 Å². The number of aromatic nitrogens is 2. The van der Waals surface area contributed by atoms with E-state index in [9.17, 15) is 5.11 Å². The van der Waals surface area contributed by atoms with Crippen LogP contribution in [0.15, 0.2) is 27.6 Å². The summed E-state index contributed by atoms with van der Waals surface area (Å²) < 4.78 is 12.7. The Kier molecular flexibility index (Phi) is 4.85. The predicted octanol–water partition coefficient (Wildman–Crippen LogP) is 1.89. The first-order valence-electron chi connectivity index (χ1n) is 6.20. The third kappa shape index (κ3) is 3.05. The monoisotopic (exact) mass is 343 g/mol. The summed E-state index contributed by atoms with van der Waals surface area (Å²) in [5.41, 5.74) is 1.27. The molecule has 1 N–H and O–H groups in total. The van der Waals surface area contributed by atoms with Crippen molar-refractivity contribution in [2.24, 2.45) is 0 Å². The zero-order valence-electron chi connectivity index (χ0n) is 11.7. The highest BCUT2D eigenvalue weighted by Crippen LogP contribution is 2.34. The van der Waals surface area contributed by atoms with Gasteiger partial charge in [0.2, 0.25) is 0 Å². The number of nitrogens with zero attached hydrogens (tertiary/aromatic N) is 3. The van der Waals surface area contributed by atoms with Crippen molar-refractivity contribution >= 4 is 15.9 Å². The molecule has 2 aromatic rings. The number of halogens is 1. The molecule has 6 nitrogen and oxygen atoms in total. The number of ether oxygens (including phenoxy) is 1. The number of hydrogen-bond acceptors (Lipinski definition) is 5. The first kappa shape index (κ1) is 15.1. The smallest absolute Gasteiger partial charge is 0.175 e. The summed E-state index contributed by atoms with van der Waals surface area (Å²) in [4.78, 5) is 2.05. The summed E-state index contributed by atoms with van der Waals surface area (Å²) >= 11 is 3.28. The minimum atomic E-state index is -0.859. The topological polar surface area (TPSA) is 63.7 Å². The van der Waals surface area contributed by atoms with Gasteiger partial charge in [-0.2, -0.15) is 5.10 Å². The third-order valence-electron chi connectivity index (χ3n) is 3.02. The number of aliphatic hydroxyl groups is 1. The van der Waals surface area contributed by atoms with E-state index in [1.54, 1.807) is 24.1 Å². The Morgan fingerprint density at radius 2 is 2.30 bits per heavy atom. The second kappa shape index (κ2) is 6.43. The zero-order valence-corrected chi connectivity index (χ0v) is 13.3. The van der Waals surface area contributed by atoms with Gasteiger partial charge in [-0.1, -0.05) is 0 Å². The quantitative estimate of drug-likeness (QED) is 0.867. The van der Waals surface area contributed by atoms with Crippen LogP contribution in [0.2, 0.25) is 0 Å². The maximum absolute atomic E-state index is 10.6. The van der Waals surface area contributed by atoms with Gasteiger partial charge < -0.3 is 19.2 Å². The van der Waals surface area contributed by atoms with Gasteiger partial charge >= 0.3 is 0 Å². The molecule has 0 radical (unpaired) electrons. The number of rotatable bonds is 6. The molecule has 20 heavy (non-hydrogen) atoms. The van der Waals surface area contributed by atoms with Gasteiger partial charge in [-0.15, -0.1) is 0 Å². The molecule has 110 valence electrons. The van der Waals surface area contributed by atoms with E-state index in [-0.39, 0.29) is 0 Å². The van der Waals surface area contributed by atoms with Crippen LogP contribution < -0.4 is 4.74 Å². The molecule has 1 atom stereocenters. The number of likely N-dealkylation sites (N-methyl/N-ethyl adjacent to an activating group) is 1. The molecular formula is C13H18BrN3O3. The summed E-state index contributed by atoms with van der Waals surface area (Å²) in [6.45, 7) is 1.48. The van der Waals surface area contributed by atoms with E-state index >= 15 is 0 Å². The summed E-state index contributed by atoms with van der Waals surface area (Å²) in [5.74, 6) is 0.560. The lowest BCUT2D eigenvalue weighted by Crippen LogP contribution is -2.21. The Hall–Kier alpha value is -1.31. The zero-order chi connectivity index (χ0) is 14.7. The van der Waals surface area contributed by atoms with Crippen molar-refractivity contribution in [3.63, 3.8) is 0 Å². The molecule has 0 aliphatic heterocycles. The molecule has 1 unspecified atom stereocenters. The maximum Gasteiger partial charge on any atom is 0.175 e. The van der Waals surface area contributed by atoms with Crippen LogP contribution >= 0.6 is 15.9 Å². The molecule has 2 rings (SSSR count). The number of furan rings is 1. The number of hydrogen-bond donors (Lipinski definition) is 1. The highest BCUT2D eigenvalue weighted by molar-refractivity contribution is 9.10. The molecule has 0 aliphatic rings. The first-order chi connectivity index (χ1) is 9.54. The van der Waals surface area contributed by atoms with Gasteiger partial charge in [0.1, 0.15) is 11.8 Å². The van der Waals surface area contributed by atoms with Gasteiger partial charge in [-0.25, -0.2) is 0 Å². The van der Waals surface area contributed by atoms with Crippen LogP contribution in [0.25, 0.3) is 0 Å². The second-order valence-corrected chi connectivity index (χ2v) is 5.40. The molecule has 0 fully saturated rings. The summed E-state index contributed by atoms with van der Waals surface area (Å²) in [7, 11) is 5.54. The van der Waals surface area contributed by atoms with E-state index in [4.69, 9.17) is 9.15 Å². The van der Waals surface area contributed by atoms with Crippen molar-refractivity contribution in [3.8, 4) is 5.75 Å². The van der Waals surface area contributed by atoms with Crippen LogP contribution in [0.1, 0.15) is 17.4 Å². The molecule has 0 saturated carbocycles. The SMILES string of the molecule is COc1cnn(CCN(C)C)c1C(O)c1ccoc1Br. The normalized spacial score (nSPS) is 12.9. The molecule has 0 amide bonds. The van der Waals surface area contributed by atoms with Crippen molar-refractivity contribution in [1.82, 2.24) is 14.7 Å². The van der Waals surface area contributed by atoms with Crippen molar-refractivity contribution in [2.45, 2.75) is 12.6 Å². The van der Waals surface area contributed by atoms with Gasteiger partial charge in [0.05, 0.1) is 26.1 Å². The second-order valence-electron chi connectivity index (χ2n) is 4.68. The van der Waals surface area contributed by atoms with Crippen LogP contribution in [-0.4, -0.2) is 47.5 Å². The molecule has 2 aromatic heterocycles. The Morgan fingerprint density at radius 1 is 1.55 bits per heavy atom. The van der Waals surface area contributed by atoms with Gasteiger partial charge in [0.25, 0.3) is 0 Å². The number of aliphatic hydroxyl groups excluding tert-OH is 1. The summed E-state index contributed by atoms with van der Waals surface area (Å²) in [6.07, 6.45) is 2.28. The fourth-order valence-electron chi connectivity index (χ4n) is 1.93. The van der Waals surface area contributed by atoms with Gasteiger partial charge in [0, 0.05) is 12.1 Å². The Morgan fingerprint density at radius 3 is 2.85 bits per heavy atom. The minimum absolute atomic E-state index is 0.507. The number of methoxy groups -OCH3 is 1. The van der Waals surface area contributed by atoms with E-state index < -0.39 is 6.10 Å². The molecule has 0 bridgehead atoms. The van der Waals surface area contributed by atoms with Crippen molar-refractivity contribution < 1.29 is 14.3 Å². The average molecular weight is 344 g/mol. The minimum Gasteiger partial charge on any atom is -0.493 e. The fourth-order valence-corrected chi connectivity index (χ4v) is 2.39. The summed E-state index contributed by atoms with van der Waals surface area (Å²) in [5, 5.41) is 14.8. The molecule has 0 saturated heterocycles. The molecule has 7 heteroatoms. The third-order valence-corrected chi connectivity index (χ3v) is 3.67. The molecule has 2 heterocycles. The maximum atomic E-state index is 10.6. The molecule has 0 aliphatic carbocycles. The van der Waals surface area contributed by atoms with Crippen LogP contribution in [0.4, 0.5) is 0 Å². The van der Waals surface area contributed by atoms with Crippen molar-refractivity contribution in [1.29, 1.82) is 0 Å². The lowest BCUT2D eigenvalue weighted by Gasteiger charge is -2.16. The fraction of sp³-hybridized carbons (Fsp3) is 0.462. The van der Waals surface area contributed by atoms with Crippen molar-refractivity contribution in [3.05, 3.63) is 34.5 Å². The van der Waals surface area contributed by atoms with E-state index in [0.29, 0.717) is 28.2 Å². The lowest BCUT2D eigenvalue weighted by atomic mass is 10.1. The van der Waals surface area contributed by atoms with Crippen LogP contribution in [-0.2, 0) is 6.54 Å². The standard InChI is InChI=1S/C13H18BrN3O3/c1-16(2)5-6-17-11(10(19-3)8-15-17)12(18)9-4-7-20-13(9)14/h4,7-8,12,18H,5-6H2,1-3H3. The predicted molar refractivity (Wildman–Crippen MR) is 77.8 cm³/mol. The molecule has 0 aromatic carbocycles. The Balaban J connectivity index is 2.33. The molecular weight excluding hydrogens is 326 g/mol. The Bertz CT molecular complexity index is 565. The summed E-state index contributed by atoms with van der Waals surface area (Å²) in [6, 6.07) is 1.72. The average Bonchev–Trinajstić information content (AvgIpc) is 3.01. The van der Waals surface area contributed by atoms with E-state index in [2.05, 4.69) is 25.9 Å². The van der Waals surface area contributed by atoms with Gasteiger partial charge in [-0.05, 0) is 36.1 Å².